The molecule has 0 aliphatic carbocycles. The number of carbonyl (C=O) groups excluding carboxylic acids is 11. The Morgan fingerprint density at radius 2 is 0.986 bits per heavy atom. The lowest BCUT2D eigenvalue weighted by molar-refractivity contribution is -0.137. The lowest BCUT2D eigenvalue weighted by Gasteiger charge is -2.28. The summed E-state index contributed by atoms with van der Waals surface area (Å²) in [7, 11) is 0. The van der Waals surface area contributed by atoms with Gasteiger partial charge in [-0.2, -0.15) is 0 Å². The Morgan fingerprint density at radius 1 is 0.549 bits per heavy atom. The van der Waals surface area contributed by atoms with Gasteiger partial charge in [0.05, 0.1) is 32.2 Å². The summed E-state index contributed by atoms with van der Waals surface area (Å²) in [6.07, 6.45) is 1.97. The topological polar surface area (TPSA) is 443 Å². The molecule has 18 N–H and O–H groups in total. The number of amides is 11. The summed E-state index contributed by atoms with van der Waals surface area (Å²) >= 11 is 0. The molecule has 396 valence electrons. The summed E-state index contributed by atoms with van der Waals surface area (Å²) in [6, 6.07) is -8.51. The van der Waals surface area contributed by atoms with E-state index in [0.717, 1.165) is 45.4 Å². The first kappa shape index (κ1) is 60.2. The minimum Gasteiger partial charge on any atom is -0.508 e. The van der Waals surface area contributed by atoms with Crippen molar-refractivity contribution in [3.8, 4) is 5.75 Å². The molecule has 26 heteroatoms. The van der Waals surface area contributed by atoms with Crippen LogP contribution in [0.15, 0.2) is 24.3 Å². The number of primary amides is 3. The van der Waals surface area contributed by atoms with Gasteiger partial charge in [-0.15, -0.1) is 0 Å². The maximum Gasteiger partial charge on any atom is 0.245 e. The van der Waals surface area contributed by atoms with E-state index in [2.05, 4.69) is 49.5 Å². The molecule has 0 bridgehead atoms. The van der Waals surface area contributed by atoms with E-state index < -0.39 is 171 Å². The molecule has 1 aromatic rings. The van der Waals surface area contributed by atoms with Crippen molar-refractivity contribution in [2.45, 2.75) is 165 Å². The summed E-state index contributed by atoms with van der Waals surface area (Å²) in [4.78, 5) is 146. The van der Waals surface area contributed by atoms with Gasteiger partial charge in [0.2, 0.25) is 65.0 Å². The van der Waals surface area contributed by atoms with Gasteiger partial charge in [-0.1, -0.05) is 70.4 Å². The van der Waals surface area contributed by atoms with Crippen molar-refractivity contribution in [2.75, 3.05) is 13.2 Å². The van der Waals surface area contributed by atoms with E-state index in [0.29, 0.717) is 12.8 Å². The molecular weight excluding hydrogens is 935 g/mol. The Labute approximate surface area is 410 Å². The third-order valence-corrected chi connectivity index (χ3v) is 11.3. The van der Waals surface area contributed by atoms with Gasteiger partial charge >= 0.3 is 0 Å². The van der Waals surface area contributed by atoms with Gasteiger partial charge in [-0.05, 0) is 37.5 Å². The van der Waals surface area contributed by atoms with Crippen molar-refractivity contribution in [1.82, 2.24) is 42.5 Å². The normalized spacial score (nSPS) is 24.2. The molecule has 9 atom stereocenters. The van der Waals surface area contributed by atoms with Crippen LogP contribution in [0.4, 0.5) is 0 Å². The second kappa shape index (κ2) is 31.3. The fourth-order valence-electron chi connectivity index (χ4n) is 7.38. The lowest BCUT2D eigenvalue weighted by atomic mass is 10.0. The zero-order chi connectivity index (χ0) is 53.2. The van der Waals surface area contributed by atoms with Crippen molar-refractivity contribution in [2.24, 2.45) is 17.2 Å². The molecule has 26 nitrogen and oxygen atoms in total. The second-order valence-electron chi connectivity index (χ2n) is 17.4. The summed E-state index contributed by atoms with van der Waals surface area (Å²) < 4.78 is 0. The summed E-state index contributed by atoms with van der Waals surface area (Å²) in [5.74, 6) is -12.6. The molecule has 1 aromatic carbocycles. The van der Waals surface area contributed by atoms with Crippen LogP contribution in [-0.4, -0.2) is 153 Å². The minimum atomic E-state index is -1.91. The third kappa shape index (κ3) is 22.6. The quantitative estimate of drug-likeness (QED) is 0.0514. The molecule has 0 radical (unpaired) electrons. The number of phenolic OH excluding ortho intramolecular Hbond substituents is 1. The van der Waals surface area contributed by atoms with Crippen molar-refractivity contribution in [1.29, 1.82) is 0 Å². The SMILES string of the molecule is CCCCCCCCCCC1CC(=O)N[C@H](CO)C(=O)NC(CCC(N)=O)C(=O)N[C@@H](CC(N)=O)C(=O)N[C@H](Cc2ccc(O)cc2)C(=O)NC(CC(N)=O)C(=O)N[C@H](CO)C(=O)NC([C@@H](C)O)C(=O)N1. The molecule has 1 saturated heterocycles. The molecule has 1 fully saturated rings. The monoisotopic (exact) mass is 1010 g/mol. The van der Waals surface area contributed by atoms with Crippen LogP contribution in [0.3, 0.4) is 0 Å². The van der Waals surface area contributed by atoms with E-state index in [1.165, 1.54) is 24.3 Å². The zero-order valence-electron chi connectivity index (χ0n) is 40.0. The van der Waals surface area contributed by atoms with Gasteiger partial charge in [0, 0.05) is 25.3 Å². The highest BCUT2D eigenvalue weighted by Gasteiger charge is 2.36. The van der Waals surface area contributed by atoms with Crippen molar-refractivity contribution in [3.05, 3.63) is 29.8 Å². The lowest BCUT2D eigenvalue weighted by Crippen LogP contribution is -2.62. The van der Waals surface area contributed by atoms with Gasteiger partial charge < -0.3 is 80.2 Å². The fraction of sp³-hybridized carbons (Fsp3) is 0.622. The first-order chi connectivity index (χ1) is 33.6. The highest BCUT2D eigenvalue weighted by Crippen LogP contribution is 2.15. The molecule has 1 aliphatic rings. The predicted octanol–water partition coefficient (Wildman–Crippen LogP) is -4.87. The number of rotatable bonds is 21. The number of hydrogen-bond acceptors (Lipinski definition) is 15. The summed E-state index contributed by atoms with van der Waals surface area (Å²) in [5, 5.41) is 59.4. The molecule has 71 heavy (non-hydrogen) atoms. The number of aromatic hydroxyl groups is 1. The van der Waals surface area contributed by atoms with E-state index >= 15 is 0 Å². The number of unbranched alkanes of at least 4 members (excludes halogenated alkanes) is 7. The zero-order valence-corrected chi connectivity index (χ0v) is 40.0. The van der Waals surface area contributed by atoms with Crippen LogP contribution in [0.5, 0.6) is 5.75 Å². The number of aliphatic hydroxyl groups is 3. The Balaban J connectivity index is 2.71. The van der Waals surface area contributed by atoms with Crippen molar-refractivity contribution in [3.63, 3.8) is 0 Å². The molecule has 1 heterocycles. The predicted molar refractivity (Wildman–Crippen MR) is 251 cm³/mol. The highest BCUT2D eigenvalue weighted by molar-refractivity contribution is 6.00. The highest BCUT2D eigenvalue weighted by atomic mass is 16.3. The van der Waals surface area contributed by atoms with Gasteiger partial charge in [-0.3, -0.25) is 52.7 Å². The molecule has 0 aromatic heterocycles. The maximum atomic E-state index is 14.0. The number of carbonyl (C=O) groups is 11. The number of aliphatic hydroxyl groups excluding tert-OH is 3. The molecule has 0 saturated carbocycles. The van der Waals surface area contributed by atoms with E-state index in [-0.39, 0.29) is 17.7 Å². The number of benzene rings is 1. The van der Waals surface area contributed by atoms with Gasteiger partial charge in [0.25, 0.3) is 0 Å². The number of nitrogens with one attached hydrogen (secondary N) is 8. The molecule has 1 aliphatic heterocycles. The Hall–Kier alpha value is -6.93. The van der Waals surface area contributed by atoms with Crippen LogP contribution >= 0.6 is 0 Å². The van der Waals surface area contributed by atoms with Crippen LogP contribution in [-0.2, 0) is 59.2 Å². The summed E-state index contributed by atoms with van der Waals surface area (Å²) in [6.45, 7) is 1.08. The molecule has 11 amide bonds. The van der Waals surface area contributed by atoms with Crippen LogP contribution in [0.2, 0.25) is 0 Å². The second-order valence-corrected chi connectivity index (χ2v) is 17.4. The van der Waals surface area contributed by atoms with E-state index in [1.807, 2.05) is 0 Å². The Kier molecular flexibility index (Phi) is 26.6. The number of nitrogens with two attached hydrogens (primary N) is 3. The molecular formula is C45H71N11O15. The Bertz CT molecular complexity index is 2010. The van der Waals surface area contributed by atoms with Crippen LogP contribution in [0.1, 0.15) is 109 Å². The number of hydrogen-bond donors (Lipinski definition) is 15. The standard InChI is InChI=1S/C45H71N11O15/c1-3-4-5-6-7-8-9-10-11-26-19-37(64)50-32(22-57)43(69)51-28(16-17-34(46)61)39(65)53-30(20-35(47)62)41(67)52-29(18-25-12-14-27(60)15-13-25)40(66)54-31(21-36(48)63)42(68)55-33(23-58)44(70)56-38(24(2)59)45(71)49-26/h12-15,24,26,28-33,38,57-60H,3-11,16-23H2,1-2H3,(H2,46,61)(H2,47,62)(H2,48,63)(H,49,71)(H,50,64)(H,51,69)(H,52,67)(H,53,65)(H,54,66)(H,55,68)(H,56,70)/t24-,26?,28?,29-,30+,31?,32-,33-,38?/m1/s1. The molecule has 4 unspecified atom stereocenters. The van der Waals surface area contributed by atoms with E-state index in [1.54, 1.807) is 0 Å². The number of phenols is 1. The van der Waals surface area contributed by atoms with Gasteiger partial charge in [0.15, 0.2) is 0 Å². The minimum absolute atomic E-state index is 0.179. The first-order valence-corrected chi connectivity index (χ1v) is 23.5. The van der Waals surface area contributed by atoms with Crippen LogP contribution in [0.25, 0.3) is 0 Å². The smallest absolute Gasteiger partial charge is 0.245 e. The van der Waals surface area contributed by atoms with E-state index in [9.17, 15) is 73.2 Å². The average molecular weight is 1010 g/mol. The van der Waals surface area contributed by atoms with E-state index in [4.69, 9.17) is 17.2 Å². The van der Waals surface area contributed by atoms with Crippen molar-refractivity contribution < 1.29 is 73.2 Å². The van der Waals surface area contributed by atoms with Crippen molar-refractivity contribution >= 4 is 65.0 Å². The fourth-order valence-corrected chi connectivity index (χ4v) is 7.38. The molecule has 0 spiro atoms. The first-order valence-electron chi connectivity index (χ1n) is 23.5. The maximum absolute atomic E-state index is 14.0. The van der Waals surface area contributed by atoms with Gasteiger partial charge in [-0.25, -0.2) is 0 Å². The average Bonchev–Trinajstić information content (AvgIpc) is 3.29. The van der Waals surface area contributed by atoms with Gasteiger partial charge in [0.1, 0.15) is 48.0 Å². The summed E-state index contributed by atoms with van der Waals surface area (Å²) in [5.41, 5.74) is 16.4. The van der Waals surface area contributed by atoms with Crippen LogP contribution < -0.4 is 59.7 Å². The molecule has 2 rings (SSSR count). The Morgan fingerprint density at radius 3 is 1.49 bits per heavy atom. The third-order valence-electron chi connectivity index (χ3n) is 11.3. The largest absolute Gasteiger partial charge is 0.508 e. The van der Waals surface area contributed by atoms with Crippen LogP contribution in [0, 0.1) is 0 Å².